The summed E-state index contributed by atoms with van der Waals surface area (Å²) in [5, 5.41) is 6.29. The monoisotopic (exact) mass is 247 g/mol. The van der Waals surface area contributed by atoms with Crippen molar-refractivity contribution in [2.75, 3.05) is 5.32 Å². The maximum atomic E-state index is 10.9. The molecule has 4 nitrogen and oxygen atoms in total. The Bertz CT molecular complexity index is 493. The molecule has 1 atom stereocenters. The van der Waals surface area contributed by atoms with Crippen LogP contribution < -0.4 is 11.1 Å². The number of nitrogens with zero attached hydrogens (tertiary/aromatic N) is 1. The molecule has 1 aromatic heterocycles. The maximum Gasteiger partial charge on any atom is 0.248 e. The van der Waals surface area contributed by atoms with Crippen molar-refractivity contribution in [1.29, 1.82) is 0 Å². The smallest absolute Gasteiger partial charge is 0.248 e. The molecule has 0 aliphatic carbocycles. The number of benzene rings is 1. The second-order valence-electron chi connectivity index (χ2n) is 3.68. The second-order valence-corrected chi connectivity index (χ2v) is 4.60. The average Bonchev–Trinajstić information content (AvgIpc) is 2.83. The minimum absolute atomic E-state index is 0.148. The molecule has 0 aliphatic heterocycles. The van der Waals surface area contributed by atoms with E-state index in [1.165, 1.54) is 0 Å². The minimum atomic E-state index is -0.412. The number of carbonyl (C=O) groups excluding carboxylic acids is 1. The molecule has 1 aromatic carbocycles. The highest BCUT2D eigenvalue weighted by molar-refractivity contribution is 7.09. The molecule has 5 heteroatoms. The minimum Gasteiger partial charge on any atom is -0.376 e. The lowest BCUT2D eigenvalue weighted by Gasteiger charge is -2.12. The van der Waals surface area contributed by atoms with Crippen LogP contribution in [0.3, 0.4) is 0 Å². The summed E-state index contributed by atoms with van der Waals surface area (Å²) >= 11 is 1.61. The van der Waals surface area contributed by atoms with Gasteiger partial charge in [-0.05, 0) is 31.2 Å². The molecule has 0 fully saturated rings. The van der Waals surface area contributed by atoms with E-state index in [-0.39, 0.29) is 6.04 Å². The van der Waals surface area contributed by atoms with E-state index in [9.17, 15) is 4.79 Å². The topological polar surface area (TPSA) is 68.0 Å². The molecule has 0 radical (unpaired) electrons. The number of amides is 1. The summed E-state index contributed by atoms with van der Waals surface area (Å²) in [5.41, 5.74) is 6.63. The van der Waals surface area contributed by atoms with Gasteiger partial charge in [-0.2, -0.15) is 0 Å². The van der Waals surface area contributed by atoms with Gasteiger partial charge in [-0.15, -0.1) is 11.3 Å². The third-order valence-corrected chi connectivity index (χ3v) is 3.33. The Morgan fingerprint density at radius 2 is 2.12 bits per heavy atom. The second kappa shape index (κ2) is 4.97. The number of hydrogen-bond donors (Lipinski definition) is 2. The van der Waals surface area contributed by atoms with E-state index in [1.54, 1.807) is 29.7 Å². The van der Waals surface area contributed by atoms with Crippen LogP contribution in [0.15, 0.2) is 35.8 Å². The zero-order valence-corrected chi connectivity index (χ0v) is 10.2. The number of nitrogens with two attached hydrogens (primary N) is 1. The van der Waals surface area contributed by atoms with Crippen LogP contribution in [-0.2, 0) is 0 Å². The third-order valence-electron chi connectivity index (χ3n) is 2.37. The lowest BCUT2D eigenvalue weighted by atomic mass is 10.2. The molecule has 0 spiro atoms. The van der Waals surface area contributed by atoms with E-state index in [2.05, 4.69) is 10.3 Å². The van der Waals surface area contributed by atoms with Crippen molar-refractivity contribution in [2.24, 2.45) is 5.73 Å². The number of primary amides is 1. The first-order valence-corrected chi connectivity index (χ1v) is 6.10. The predicted octanol–water partition coefficient (Wildman–Crippen LogP) is 2.42. The van der Waals surface area contributed by atoms with Gasteiger partial charge < -0.3 is 11.1 Å². The van der Waals surface area contributed by atoms with Crippen molar-refractivity contribution < 1.29 is 4.79 Å². The van der Waals surface area contributed by atoms with Crippen LogP contribution in [0.1, 0.15) is 28.3 Å². The Hall–Kier alpha value is -1.88. The molecule has 3 N–H and O–H groups in total. The fraction of sp³-hybridized carbons (Fsp3) is 0.167. The van der Waals surface area contributed by atoms with Gasteiger partial charge in [-0.1, -0.05) is 0 Å². The van der Waals surface area contributed by atoms with Gasteiger partial charge in [0.15, 0.2) is 0 Å². The van der Waals surface area contributed by atoms with Gasteiger partial charge in [0, 0.05) is 22.8 Å². The molecule has 1 unspecified atom stereocenters. The summed E-state index contributed by atoms with van der Waals surface area (Å²) in [4.78, 5) is 15.2. The van der Waals surface area contributed by atoms with Crippen LogP contribution in [-0.4, -0.2) is 10.9 Å². The van der Waals surface area contributed by atoms with Gasteiger partial charge in [0.05, 0.1) is 6.04 Å². The molecular weight excluding hydrogens is 234 g/mol. The van der Waals surface area contributed by atoms with Crippen molar-refractivity contribution >= 4 is 22.9 Å². The van der Waals surface area contributed by atoms with E-state index in [1.807, 2.05) is 24.4 Å². The van der Waals surface area contributed by atoms with Gasteiger partial charge in [-0.3, -0.25) is 4.79 Å². The van der Waals surface area contributed by atoms with Crippen molar-refractivity contribution in [3.8, 4) is 0 Å². The van der Waals surface area contributed by atoms with E-state index in [0.717, 1.165) is 10.7 Å². The molecule has 0 bridgehead atoms. The first kappa shape index (κ1) is 11.6. The lowest BCUT2D eigenvalue weighted by molar-refractivity contribution is 0.100. The quantitative estimate of drug-likeness (QED) is 0.871. The standard InChI is InChI=1S/C12H13N3OS/c1-8(12-14-6-7-17-12)15-10-4-2-9(3-5-10)11(13)16/h2-8,15H,1H3,(H2,13,16). The van der Waals surface area contributed by atoms with Crippen molar-refractivity contribution in [1.82, 2.24) is 4.98 Å². The molecule has 2 rings (SSSR count). The van der Waals surface area contributed by atoms with E-state index in [0.29, 0.717) is 5.56 Å². The molecule has 2 aromatic rings. The van der Waals surface area contributed by atoms with E-state index < -0.39 is 5.91 Å². The van der Waals surface area contributed by atoms with Gasteiger partial charge in [0.2, 0.25) is 5.91 Å². The van der Waals surface area contributed by atoms with Gasteiger partial charge in [0.1, 0.15) is 5.01 Å². The molecule has 0 saturated carbocycles. The summed E-state index contributed by atoms with van der Waals surface area (Å²) < 4.78 is 0. The molecule has 0 aliphatic rings. The van der Waals surface area contributed by atoms with Crippen LogP contribution in [0, 0.1) is 0 Å². The number of anilines is 1. The molecular formula is C12H13N3OS. The Balaban J connectivity index is 2.06. The number of hydrogen-bond acceptors (Lipinski definition) is 4. The number of nitrogens with one attached hydrogen (secondary N) is 1. The van der Waals surface area contributed by atoms with Gasteiger partial charge >= 0.3 is 0 Å². The summed E-state index contributed by atoms with van der Waals surface area (Å²) in [7, 11) is 0. The van der Waals surface area contributed by atoms with Gasteiger partial charge in [0.25, 0.3) is 0 Å². The van der Waals surface area contributed by atoms with Crippen LogP contribution in [0.5, 0.6) is 0 Å². The number of carbonyl (C=O) groups is 1. The normalized spacial score (nSPS) is 12.1. The van der Waals surface area contributed by atoms with Crippen molar-refractivity contribution in [2.45, 2.75) is 13.0 Å². The summed E-state index contributed by atoms with van der Waals surface area (Å²) in [6.07, 6.45) is 1.79. The highest BCUT2D eigenvalue weighted by Gasteiger charge is 2.07. The molecule has 1 amide bonds. The van der Waals surface area contributed by atoms with Crippen molar-refractivity contribution in [3.63, 3.8) is 0 Å². The average molecular weight is 247 g/mol. The van der Waals surface area contributed by atoms with E-state index >= 15 is 0 Å². The third kappa shape index (κ3) is 2.82. The fourth-order valence-corrected chi connectivity index (χ4v) is 2.14. The predicted molar refractivity (Wildman–Crippen MR) is 69.1 cm³/mol. The molecule has 88 valence electrons. The highest BCUT2D eigenvalue weighted by Crippen LogP contribution is 2.20. The van der Waals surface area contributed by atoms with Crippen molar-refractivity contribution in [3.05, 3.63) is 46.4 Å². The molecule has 0 saturated heterocycles. The fourth-order valence-electron chi connectivity index (χ4n) is 1.49. The molecule has 17 heavy (non-hydrogen) atoms. The number of rotatable bonds is 4. The Morgan fingerprint density at radius 3 is 2.65 bits per heavy atom. The Kier molecular flexibility index (Phi) is 3.39. The highest BCUT2D eigenvalue weighted by atomic mass is 32.1. The van der Waals surface area contributed by atoms with Crippen LogP contribution in [0.4, 0.5) is 5.69 Å². The summed E-state index contributed by atoms with van der Waals surface area (Å²) in [6, 6.07) is 7.24. The summed E-state index contributed by atoms with van der Waals surface area (Å²) in [6.45, 7) is 2.04. The SMILES string of the molecule is CC(Nc1ccc(C(N)=O)cc1)c1nccs1. The Morgan fingerprint density at radius 1 is 1.41 bits per heavy atom. The molecule has 1 heterocycles. The van der Waals surface area contributed by atoms with Crippen LogP contribution >= 0.6 is 11.3 Å². The first-order chi connectivity index (χ1) is 8.16. The number of aromatic nitrogens is 1. The summed E-state index contributed by atoms with van der Waals surface area (Å²) in [5.74, 6) is -0.412. The number of thiazole rings is 1. The zero-order valence-electron chi connectivity index (χ0n) is 9.38. The first-order valence-electron chi connectivity index (χ1n) is 5.22. The maximum absolute atomic E-state index is 10.9. The largest absolute Gasteiger partial charge is 0.376 e. The van der Waals surface area contributed by atoms with Gasteiger partial charge in [-0.25, -0.2) is 4.98 Å². The van der Waals surface area contributed by atoms with E-state index in [4.69, 9.17) is 5.73 Å². The van der Waals surface area contributed by atoms with Crippen LogP contribution in [0.2, 0.25) is 0 Å². The Labute approximate surface area is 103 Å². The zero-order chi connectivity index (χ0) is 12.3. The van der Waals surface area contributed by atoms with Crippen LogP contribution in [0.25, 0.3) is 0 Å². The lowest BCUT2D eigenvalue weighted by Crippen LogP contribution is -2.11.